The van der Waals surface area contributed by atoms with Crippen molar-refractivity contribution < 1.29 is 14.1 Å². The second-order valence-corrected chi connectivity index (χ2v) is 4.80. The van der Waals surface area contributed by atoms with Crippen molar-refractivity contribution >= 4 is 23.5 Å². The second-order valence-electron chi connectivity index (χ2n) is 4.80. The van der Waals surface area contributed by atoms with E-state index in [1.165, 1.54) is 54.6 Å². The predicted molar refractivity (Wildman–Crippen MR) is 82.2 cm³/mol. The summed E-state index contributed by atoms with van der Waals surface area (Å²) < 4.78 is 12.9. The lowest BCUT2D eigenvalue weighted by Crippen LogP contribution is -2.24. The Bertz CT molecular complexity index is 840. The molecule has 23 heavy (non-hydrogen) atoms. The van der Waals surface area contributed by atoms with Crippen LogP contribution in [0.4, 0.5) is 10.1 Å². The molecule has 0 spiro atoms. The first-order valence-corrected chi connectivity index (χ1v) is 6.65. The summed E-state index contributed by atoms with van der Waals surface area (Å²) in [6, 6.07) is 11.4. The van der Waals surface area contributed by atoms with E-state index < -0.39 is 4.92 Å². The average molecular weight is 311 g/mol. The van der Waals surface area contributed by atoms with Crippen LogP contribution in [0.2, 0.25) is 0 Å². The monoisotopic (exact) mass is 311 g/mol. The van der Waals surface area contributed by atoms with Crippen molar-refractivity contribution in [3.63, 3.8) is 0 Å². The van der Waals surface area contributed by atoms with E-state index in [4.69, 9.17) is 0 Å². The third kappa shape index (κ3) is 3.13. The molecular weight excluding hydrogens is 301 g/mol. The quantitative estimate of drug-likeness (QED) is 0.537. The van der Waals surface area contributed by atoms with Crippen molar-refractivity contribution in [1.29, 1.82) is 0 Å². The third-order valence-corrected chi connectivity index (χ3v) is 3.22. The molecule has 114 valence electrons. The first-order chi connectivity index (χ1) is 11.0. The number of carbonyl (C=O) groups excluding carboxylic acids is 1. The van der Waals surface area contributed by atoms with Crippen molar-refractivity contribution in [2.45, 2.75) is 0 Å². The van der Waals surface area contributed by atoms with E-state index in [0.29, 0.717) is 17.0 Å². The number of nitro benzene ring substituents is 1. The fourth-order valence-corrected chi connectivity index (χ4v) is 2.06. The van der Waals surface area contributed by atoms with Gasteiger partial charge in [-0.25, -0.2) is 9.38 Å². The minimum Gasteiger partial charge on any atom is -0.305 e. The molecule has 1 aliphatic rings. The van der Waals surface area contributed by atoms with Gasteiger partial charge in [-0.3, -0.25) is 14.9 Å². The first kappa shape index (κ1) is 14.6. The Labute approximate surface area is 130 Å². The summed E-state index contributed by atoms with van der Waals surface area (Å²) in [5, 5.41) is 13.2. The molecule has 1 amide bonds. The highest BCUT2D eigenvalue weighted by Gasteiger charge is 2.21. The lowest BCUT2D eigenvalue weighted by atomic mass is 10.2. The number of hydrogen-bond acceptors (Lipinski definition) is 4. The zero-order valence-corrected chi connectivity index (χ0v) is 11.7. The van der Waals surface area contributed by atoms with Gasteiger partial charge in [0.05, 0.1) is 4.92 Å². The lowest BCUT2D eigenvalue weighted by molar-refractivity contribution is -0.384. The normalized spacial score (nSPS) is 15.4. The maximum absolute atomic E-state index is 12.9. The topological polar surface area (TPSA) is 84.6 Å². The highest BCUT2D eigenvalue weighted by atomic mass is 19.1. The van der Waals surface area contributed by atoms with E-state index in [-0.39, 0.29) is 23.1 Å². The number of aliphatic imine (C=N–C) groups is 1. The maximum atomic E-state index is 12.9. The molecule has 0 saturated heterocycles. The van der Waals surface area contributed by atoms with Gasteiger partial charge in [0.1, 0.15) is 17.3 Å². The highest BCUT2D eigenvalue weighted by molar-refractivity contribution is 6.19. The van der Waals surface area contributed by atoms with Crippen LogP contribution in [0.5, 0.6) is 0 Å². The molecular formula is C16H10FN3O3. The van der Waals surface area contributed by atoms with Crippen LogP contribution < -0.4 is 5.32 Å². The molecule has 0 bridgehead atoms. The van der Waals surface area contributed by atoms with E-state index >= 15 is 0 Å². The molecule has 2 aromatic carbocycles. The minimum atomic E-state index is -0.501. The van der Waals surface area contributed by atoms with Gasteiger partial charge in [-0.05, 0) is 35.9 Å². The Kier molecular flexibility index (Phi) is 3.68. The molecule has 0 saturated carbocycles. The number of rotatable bonds is 3. The summed E-state index contributed by atoms with van der Waals surface area (Å²) >= 11 is 0. The van der Waals surface area contributed by atoms with Gasteiger partial charge < -0.3 is 5.32 Å². The number of nitro groups is 1. The number of amides is 1. The minimum absolute atomic E-state index is 0.0410. The Hall–Kier alpha value is -3.35. The van der Waals surface area contributed by atoms with Gasteiger partial charge in [-0.15, -0.1) is 0 Å². The van der Waals surface area contributed by atoms with E-state index in [2.05, 4.69) is 10.3 Å². The van der Waals surface area contributed by atoms with Gasteiger partial charge in [0.2, 0.25) is 0 Å². The zero-order valence-electron chi connectivity index (χ0n) is 11.7. The van der Waals surface area contributed by atoms with Crippen LogP contribution in [0.15, 0.2) is 59.2 Å². The molecule has 7 heteroatoms. The number of non-ortho nitro benzene ring substituents is 1. The predicted octanol–water partition coefficient (Wildman–Crippen LogP) is 2.65. The van der Waals surface area contributed by atoms with Crippen LogP contribution in [0.3, 0.4) is 0 Å². The number of amidine groups is 1. The molecule has 1 heterocycles. The summed E-state index contributed by atoms with van der Waals surface area (Å²) in [5.41, 5.74) is 1.35. The smallest absolute Gasteiger partial charge is 0.275 e. The van der Waals surface area contributed by atoms with E-state index in [1.54, 1.807) is 0 Å². The standard InChI is InChI=1S/C16H10FN3O3/c17-12-5-1-10(2-6-12)9-14-16(21)19-15(18-14)11-3-7-13(8-4-11)20(22)23/h1-9H,(H,18,19,21)/b14-9-. The Morgan fingerprint density at radius 3 is 2.35 bits per heavy atom. The Morgan fingerprint density at radius 1 is 1.09 bits per heavy atom. The van der Waals surface area contributed by atoms with E-state index in [0.717, 1.165) is 0 Å². The molecule has 0 atom stereocenters. The fourth-order valence-electron chi connectivity index (χ4n) is 2.06. The number of halogens is 1. The van der Waals surface area contributed by atoms with E-state index in [9.17, 15) is 19.3 Å². The Morgan fingerprint density at radius 2 is 1.74 bits per heavy atom. The third-order valence-electron chi connectivity index (χ3n) is 3.22. The number of nitrogens with zero attached hydrogens (tertiary/aromatic N) is 2. The summed E-state index contributed by atoms with van der Waals surface area (Å²) in [6.07, 6.45) is 1.53. The number of nitrogens with one attached hydrogen (secondary N) is 1. The molecule has 1 N–H and O–H groups in total. The van der Waals surface area contributed by atoms with Gasteiger partial charge in [-0.2, -0.15) is 0 Å². The summed E-state index contributed by atoms with van der Waals surface area (Å²) in [7, 11) is 0. The molecule has 1 aliphatic heterocycles. The molecule has 0 fully saturated rings. The van der Waals surface area contributed by atoms with Crippen molar-refractivity contribution in [2.24, 2.45) is 4.99 Å². The summed E-state index contributed by atoms with van der Waals surface area (Å²) in [5.74, 6) is -0.431. The molecule has 0 aliphatic carbocycles. The van der Waals surface area contributed by atoms with Gasteiger partial charge in [0.15, 0.2) is 0 Å². The van der Waals surface area contributed by atoms with Crippen LogP contribution >= 0.6 is 0 Å². The molecule has 0 unspecified atom stereocenters. The van der Waals surface area contributed by atoms with Gasteiger partial charge in [-0.1, -0.05) is 12.1 Å². The van der Waals surface area contributed by atoms with Crippen LogP contribution in [-0.2, 0) is 4.79 Å². The fraction of sp³-hybridized carbons (Fsp3) is 0. The number of carbonyl (C=O) groups is 1. The molecule has 0 radical (unpaired) electrons. The van der Waals surface area contributed by atoms with E-state index in [1.807, 2.05) is 0 Å². The van der Waals surface area contributed by atoms with Crippen molar-refractivity contribution in [3.05, 3.63) is 81.3 Å². The maximum Gasteiger partial charge on any atom is 0.275 e. The van der Waals surface area contributed by atoms with Crippen molar-refractivity contribution in [2.75, 3.05) is 0 Å². The van der Waals surface area contributed by atoms with Crippen LogP contribution in [0.1, 0.15) is 11.1 Å². The number of benzene rings is 2. The Balaban J connectivity index is 1.88. The average Bonchev–Trinajstić information content (AvgIpc) is 2.91. The highest BCUT2D eigenvalue weighted by Crippen LogP contribution is 2.17. The van der Waals surface area contributed by atoms with Gasteiger partial charge in [0.25, 0.3) is 11.6 Å². The number of hydrogen-bond donors (Lipinski definition) is 1. The molecule has 3 rings (SSSR count). The van der Waals surface area contributed by atoms with Crippen LogP contribution in [0, 0.1) is 15.9 Å². The molecule has 2 aromatic rings. The largest absolute Gasteiger partial charge is 0.305 e. The zero-order chi connectivity index (χ0) is 16.4. The van der Waals surface area contributed by atoms with Crippen LogP contribution in [0.25, 0.3) is 6.08 Å². The van der Waals surface area contributed by atoms with Crippen LogP contribution in [-0.4, -0.2) is 16.7 Å². The summed E-state index contributed by atoms with van der Waals surface area (Å²) in [4.78, 5) is 26.2. The van der Waals surface area contributed by atoms with Gasteiger partial charge in [0, 0.05) is 17.7 Å². The molecule has 0 aromatic heterocycles. The summed E-state index contributed by atoms with van der Waals surface area (Å²) in [6.45, 7) is 0. The van der Waals surface area contributed by atoms with Gasteiger partial charge >= 0.3 is 0 Å². The SMILES string of the molecule is O=C1NC(c2ccc([N+](=O)[O-])cc2)=N/C1=C\c1ccc(F)cc1. The molecule has 6 nitrogen and oxygen atoms in total. The lowest BCUT2D eigenvalue weighted by Gasteiger charge is -1.99. The second kappa shape index (κ2) is 5.80. The van der Waals surface area contributed by atoms with Crippen molar-refractivity contribution in [3.8, 4) is 0 Å². The first-order valence-electron chi connectivity index (χ1n) is 6.65. The van der Waals surface area contributed by atoms with Crippen molar-refractivity contribution in [1.82, 2.24) is 5.32 Å².